The predicted molar refractivity (Wildman–Crippen MR) is 41.5 cm³/mol. The van der Waals surface area contributed by atoms with Crippen LogP contribution in [0.15, 0.2) is 5.11 Å². The van der Waals surface area contributed by atoms with Gasteiger partial charge in [0.15, 0.2) is 6.29 Å². The third-order valence-electron chi connectivity index (χ3n) is 1.91. The Balaban J connectivity index is 2.39. The lowest BCUT2D eigenvalue weighted by atomic mass is 10.1. The predicted octanol–water partition coefficient (Wildman–Crippen LogP) is -0.874. The van der Waals surface area contributed by atoms with Crippen molar-refractivity contribution in [2.24, 2.45) is 5.11 Å². The van der Waals surface area contributed by atoms with E-state index >= 15 is 0 Å². The monoisotopic (exact) mass is 189 g/mol. The van der Waals surface area contributed by atoms with Crippen LogP contribution in [0, 0.1) is 0 Å². The van der Waals surface area contributed by atoms with Gasteiger partial charge in [0.2, 0.25) is 0 Å². The second kappa shape index (κ2) is 4.40. The van der Waals surface area contributed by atoms with E-state index in [0.29, 0.717) is 0 Å². The van der Waals surface area contributed by atoms with Crippen LogP contribution in [0.25, 0.3) is 10.4 Å². The Kier molecular flexibility index (Phi) is 3.47. The van der Waals surface area contributed by atoms with Crippen LogP contribution in [0.3, 0.4) is 0 Å². The van der Waals surface area contributed by atoms with E-state index in [1.807, 2.05) is 0 Å². The minimum atomic E-state index is -1.36. The lowest BCUT2D eigenvalue weighted by molar-refractivity contribution is -0.127. The molecule has 1 aliphatic heterocycles. The van der Waals surface area contributed by atoms with Gasteiger partial charge in [-0.1, -0.05) is 5.11 Å². The molecule has 4 atom stereocenters. The van der Waals surface area contributed by atoms with Crippen LogP contribution in [0.5, 0.6) is 0 Å². The molecule has 0 spiro atoms. The first kappa shape index (κ1) is 10.2. The van der Waals surface area contributed by atoms with Crippen molar-refractivity contribution in [3.05, 3.63) is 10.4 Å². The maximum Gasteiger partial charge on any atom is 0.183 e. The summed E-state index contributed by atoms with van der Waals surface area (Å²) in [5, 5.41) is 30.5. The molecular formula is C6H11N3O4. The molecule has 0 aromatic carbocycles. The van der Waals surface area contributed by atoms with Crippen molar-refractivity contribution in [1.82, 2.24) is 0 Å². The fourth-order valence-electron chi connectivity index (χ4n) is 1.20. The fraction of sp³-hybridized carbons (Fsp3) is 1.00. The molecule has 1 heterocycles. The van der Waals surface area contributed by atoms with E-state index in [1.54, 1.807) is 0 Å². The average molecular weight is 189 g/mol. The van der Waals surface area contributed by atoms with Gasteiger partial charge in [-0.05, 0) is 12.0 Å². The number of nitrogens with zero attached hydrogens (tertiary/aromatic N) is 3. The number of hydrogen-bond acceptors (Lipinski definition) is 5. The standard InChI is InChI=1S/C6H11N3O4/c7-9-8-2-1-3-4(10)5(11)6(12)13-3/h3-6,10-12H,1-2H2/t3-,4+,5-,6?/m1/s1. The summed E-state index contributed by atoms with van der Waals surface area (Å²) in [5.41, 5.74) is 7.97. The molecule has 7 nitrogen and oxygen atoms in total. The van der Waals surface area contributed by atoms with E-state index in [4.69, 9.17) is 20.5 Å². The number of azide groups is 1. The Morgan fingerprint density at radius 1 is 1.31 bits per heavy atom. The highest BCUT2D eigenvalue weighted by atomic mass is 16.6. The number of ether oxygens (including phenoxy) is 1. The fourth-order valence-corrected chi connectivity index (χ4v) is 1.20. The zero-order valence-electron chi connectivity index (χ0n) is 6.82. The third kappa shape index (κ3) is 2.30. The molecule has 1 rings (SSSR count). The largest absolute Gasteiger partial charge is 0.387 e. The quantitative estimate of drug-likeness (QED) is 0.303. The molecule has 1 fully saturated rings. The van der Waals surface area contributed by atoms with Gasteiger partial charge in [0.05, 0.1) is 6.10 Å². The SMILES string of the molecule is [N-]=[N+]=NCC[C@H]1OC(O)[C@H](O)[C@H]1O. The second-order valence-corrected chi connectivity index (χ2v) is 2.79. The Bertz CT molecular complexity index is 218. The van der Waals surface area contributed by atoms with E-state index < -0.39 is 24.6 Å². The van der Waals surface area contributed by atoms with E-state index in [9.17, 15) is 5.11 Å². The lowest BCUT2D eigenvalue weighted by Crippen LogP contribution is -2.32. The van der Waals surface area contributed by atoms with Crippen molar-refractivity contribution in [2.75, 3.05) is 6.54 Å². The summed E-state index contributed by atoms with van der Waals surface area (Å²) in [7, 11) is 0. The van der Waals surface area contributed by atoms with Gasteiger partial charge < -0.3 is 20.1 Å². The van der Waals surface area contributed by atoms with Crippen LogP contribution in [0.4, 0.5) is 0 Å². The van der Waals surface area contributed by atoms with E-state index in [0.717, 1.165) is 0 Å². The van der Waals surface area contributed by atoms with Crippen molar-refractivity contribution >= 4 is 0 Å². The highest BCUT2D eigenvalue weighted by Gasteiger charge is 2.40. The number of aliphatic hydroxyl groups excluding tert-OH is 3. The van der Waals surface area contributed by atoms with Crippen LogP contribution < -0.4 is 0 Å². The maximum absolute atomic E-state index is 9.26. The summed E-state index contributed by atoms with van der Waals surface area (Å²) in [4.78, 5) is 2.52. The van der Waals surface area contributed by atoms with Crippen LogP contribution in [-0.2, 0) is 4.74 Å². The molecule has 0 radical (unpaired) electrons. The van der Waals surface area contributed by atoms with Crippen LogP contribution in [0.2, 0.25) is 0 Å². The molecule has 1 unspecified atom stereocenters. The molecule has 0 saturated carbocycles. The first-order valence-corrected chi connectivity index (χ1v) is 3.87. The highest BCUT2D eigenvalue weighted by Crippen LogP contribution is 2.21. The number of aliphatic hydroxyl groups is 3. The summed E-state index contributed by atoms with van der Waals surface area (Å²) in [5.74, 6) is 0. The zero-order chi connectivity index (χ0) is 9.84. The molecule has 74 valence electrons. The molecule has 0 aliphatic carbocycles. The van der Waals surface area contributed by atoms with Crippen molar-refractivity contribution in [2.45, 2.75) is 31.0 Å². The van der Waals surface area contributed by atoms with Crippen LogP contribution >= 0.6 is 0 Å². The van der Waals surface area contributed by atoms with Gasteiger partial charge in [0.25, 0.3) is 0 Å². The molecule has 0 aromatic heterocycles. The normalized spacial score (nSPS) is 38.7. The molecule has 0 bridgehead atoms. The lowest BCUT2D eigenvalue weighted by Gasteiger charge is -2.11. The Morgan fingerprint density at radius 3 is 2.46 bits per heavy atom. The van der Waals surface area contributed by atoms with E-state index in [2.05, 4.69) is 10.0 Å². The van der Waals surface area contributed by atoms with Crippen LogP contribution in [0.1, 0.15) is 6.42 Å². The maximum atomic E-state index is 9.26. The van der Waals surface area contributed by atoms with Gasteiger partial charge in [-0.3, -0.25) is 0 Å². The molecule has 1 aliphatic rings. The van der Waals surface area contributed by atoms with Gasteiger partial charge in [-0.15, -0.1) is 0 Å². The van der Waals surface area contributed by atoms with Gasteiger partial charge in [0.1, 0.15) is 12.2 Å². The van der Waals surface area contributed by atoms with Gasteiger partial charge in [-0.25, -0.2) is 0 Å². The summed E-state index contributed by atoms with van der Waals surface area (Å²) in [6, 6.07) is 0. The smallest absolute Gasteiger partial charge is 0.183 e. The summed E-state index contributed by atoms with van der Waals surface area (Å²) in [6.07, 6.45) is -4.15. The van der Waals surface area contributed by atoms with Crippen molar-refractivity contribution in [1.29, 1.82) is 0 Å². The zero-order valence-corrected chi connectivity index (χ0v) is 6.82. The minimum absolute atomic E-state index is 0.164. The van der Waals surface area contributed by atoms with Crippen molar-refractivity contribution in [3.63, 3.8) is 0 Å². The molecular weight excluding hydrogens is 178 g/mol. The molecule has 3 N–H and O–H groups in total. The molecule has 0 amide bonds. The first-order valence-electron chi connectivity index (χ1n) is 3.87. The van der Waals surface area contributed by atoms with Crippen molar-refractivity contribution < 1.29 is 20.1 Å². The average Bonchev–Trinajstić information content (AvgIpc) is 2.34. The molecule has 0 aromatic rings. The van der Waals surface area contributed by atoms with E-state index in [-0.39, 0.29) is 13.0 Å². The van der Waals surface area contributed by atoms with Gasteiger partial charge >= 0.3 is 0 Å². The number of hydrogen-bond donors (Lipinski definition) is 3. The topological polar surface area (TPSA) is 119 Å². The number of rotatable bonds is 3. The third-order valence-corrected chi connectivity index (χ3v) is 1.91. The Morgan fingerprint density at radius 2 is 2.00 bits per heavy atom. The minimum Gasteiger partial charge on any atom is -0.387 e. The summed E-state index contributed by atoms with van der Waals surface area (Å²) >= 11 is 0. The van der Waals surface area contributed by atoms with Gasteiger partial charge in [0, 0.05) is 11.5 Å². The van der Waals surface area contributed by atoms with Gasteiger partial charge in [-0.2, -0.15) is 0 Å². The summed E-state index contributed by atoms with van der Waals surface area (Å²) < 4.78 is 4.80. The van der Waals surface area contributed by atoms with Crippen LogP contribution in [-0.4, -0.2) is 46.5 Å². The van der Waals surface area contributed by atoms with E-state index in [1.165, 1.54) is 0 Å². The Hall–Kier alpha value is -0.850. The first-order chi connectivity index (χ1) is 6.16. The molecule has 13 heavy (non-hydrogen) atoms. The summed E-state index contributed by atoms with van der Waals surface area (Å²) in [6.45, 7) is 0.164. The second-order valence-electron chi connectivity index (χ2n) is 2.79. The highest BCUT2D eigenvalue weighted by molar-refractivity contribution is 4.85. The van der Waals surface area contributed by atoms with Crippen molar-refractivity contribution in [3.8, 4) is 0 Å². The molecule has 1 saturated heterocycles. The molecule has 7 heteroatoms. The Labute approximate surface area is 74.2 Å².